The Morgan fingerprint density at radius 1 is 1.27 bits per heavy atom. The molecule has 2 heterocycles. The first-order valence-electron chi connectivity index (χ1n) is 7.69. The fourth-order valence-electron chi connectivity index (χ4n) is 2.89. The molecule has 0 atom stereocenters. The van der Waals surface area contributed by atoms with Gasteiger partial charge in [-0.25, -0.2) is 0 Å². The van der Waals surface area contributed by atoms with Crippen molar-refractivity contribution >= 4 is 28.6 Å². The van der Waals surface area contributed by atoms with Crippen LogP contribution >= 0.6 is 12.2 Å². The van der Waals surface area contributed by atoms with E-state index in [1.54, 1.807) is 0 Å². The maximum absolute atomic E-state index is 8.97. The Bertz CT molecular complexity index is 567. The minimum atomic E-state index is 0.223. The van der Waals surface area contributed by atoms with Crippen molar-refractivity contribution in [3.63, 3.8) is 0 Å². The molecule has 0 spiro atoms. The summed E-state index contributed by atoms with van der Waals surface area (Å²) in [6, 6.07) is 8.31. The van der Waals surface area contributed by atoms with Gasteiger partial charge < -0.3 is 20.6 Å². The normalized spacial score (nSPS) is 19.9. The van der Waals surface area contributed by atoms with Crippen molar-refractivity contribution in [2.45, 2.75) is 0 Å². The maximum Gasteiger partial charge on any atom is 0.173 e. The van der Waals surface area contributed by atoms with Gasteiger partial charge in [0.2, 0.25) is 0 Å². The molecule has 2 aliphatic rings. The summed E-state index contributed by atoms with van der Waals surface area (Å²) in [5.74, 6) is 0. The number of rotatable bonds is 3. The quantitative estimate of drug-likeness (QED) is 0.721. The number of para-hydroxylation sites is 1. The molecule has 0 amide bonds. The average Bonchev–Trinajstić information content (AvgIpc) is 2.97. The lowest BCUT2D eigenvalue weighted by Crippen LogP contribution is -2.51. The number of benzene rings is 1. The number of β-amino-alcohol motifs (C(OH)–C–C–N with tert-alkyl or cyclic N) is 1. The second kappa shape index (κ2) is 7.09. The summed E-state index contributed by atoms with van der Waals surface area (Å²) >= 11 is 5.49. The zero-order valence-corrected chi connectivity index (χ0v) is 13.4. The molecule has 0 unspecified atom stereocenters. The zero-order chi connectivity index (χ0) is 15.4. The van der Waals surface area contributed by atoms with E-state index in [0.29, 0.717) is 0 Å². The number of hydrogen-bond acceptors (Lipinski definition) is 4. The summed E-state index contributed by atoms with van der Waals surface area (Å²) in [7, 11) is 0. The van der Waals surface area contributed by atoms with Gasteiger partial charge in [-0.3, -0.25) is 4.90 Å². The van der Waals surface area contributed by atoms with E-state index in [9.17, 15) is 0 Å². The van der Waals surface area contributed by atoms with Crippen LogP contribution in [0.15, 0.2) is 30.5 Å². The largest absolute Gasteiger partial charge is 0.395 e. The Balaban J connectivity index is 1.54. The van der Waals surface area contributed by atoms with Crippen LogP contribution in [0.2, 0.25) is 0 Å². The van der Waals surface area contributed by atoms with Gasteiger partial charge >= 0.3 is 0 Å². The van der Waals surface area contributed by atoms with Gasteiger partial charge in [-0.05, 0) is 23.9 Å². The third kappa shape index (κ3) is 3.40. The van der Waals surface area contributed by atoms with Crippen LogP contribution in [0, 0.1) is 0 Å². The molecule has 5 nitrogen and oxygen atoms in total. The number of fused-ring (bicyclic) bond motifs is 1. The summed E-state index contributed by atoms with van der Waals surface area (Å²) in [5, 5.41) is 16.4. The highest BCUT2D eigenvalue weighted by atomic mass is 32.1. The Morgan fingerprint density at radius 3 is 2.82 bits per heavy atom. The van der Waals surface area contributed by atoms with Crippen LogP contribution in [-0.2, 0) is 0 Å². The third-order valence-electron chi connectivity index (χ3n) is 4.19. The van der Waals surface area contributed by atoms with Crippen molar-refractivity contribution in [1.82, 2.24) is 15.1 Å². The van der Waals surface area contributed by atoms with Crippen LogP contribution in [0.1, 0.15) is 5.56 Å². The molecular weight excluding hydrogens is 296 g/mol. The first-order valence-corrected chi connectivity index (χ1v) is 8.10. The molecule has 1 aromatic rings. The molecule has 6 heteroatoms. The van der Waals surface area contributed by atoms with Gasteiger partial charge in [-0.1, -0.05) is 18.2 Å². The first kappa shape index (κ1) is 15.3. The maximum atomic E-state index is 8.97. The highest BCUT2D eigenvalue weighted by molar-refractivity contribution is 7.80. The minimum absolute atomic E-state index is 0.223. The number of aliphatic hydroxyl groups excluding tert-OH is 1. The highest BCUT2D eigenvalue weighted by Crippen LogP contribution is 2.29. The molecule has 22 heavy (non-hydrogen) atoms. The lowest BCUT2D eigenvalue weighted by Gasteiger charge is -2.35. The summed E-state index contributed by atoms with van der Waals surface area (Å²) < 4.78 is 0. The van der Waals surface area contributed by atoms with E-state index in [1.165, 1.54) is 16.8 Å². The van der Waals surface area contributed by atoms with Crippen LogP contribution < -0.4 is 10.6 Å². The van der Waals surface area contributed by atoms with Crippen LogP contribution in [0.25, 0.3) is 5.57 Å². The third-order valence-corrected chi connectivity index (χ3v) is 4.56. The molecule has 1 fully saturated rings. The second-order valence-corrected chi connectivity index (χ2v) is 5.96. The monoisotopic (exact) mass is 318 g/mol. The molecule has 1 saturated heterocycles. The van der Waals surface area contributed by atoms with Crippen LogP contribution in [0.3, 0.4) is 0 Å². The van der Waals surface area contributed by atoms with Gasteiger partial charge in [-0.15, -0.1) is 0 Å². The van der Waals surface area contributed by atoms with Gasteiger partial charge in [0.1, 0.15) is 0 Å². The van der Waals surface area contributed by atoms with Crippen LogP contribution in [0.4, 0.5) is 5.69 Å². The van der Waals surface area contributed by atoms with Crippen molar-refractivity contribution in [2.75, 3.05) is 51.2 Å². The fourth-order valence-corrected chi connectivity index (χ4v) is 3.13. The zero-order valence-electron chi connectivity index (χ0n) is 12.6. The lowest BCUT2D eigenvalue weighted by atomic mass is 10.1. The molecule has 1 aromatic carbocycles. The first-order chi connectivity index (χ1) is 10.8. The molecule has 0 radical (unpaired) electrons. The fraction of sp³-hybridized carbons (Fsp3) is 0.438. The van der Waals surface area contributed by atoms with E-state index < -0.39 is 0 Å². The van der Waals surface area contributed by atoms with Crippen molar-refractivity contribution in [3.05, 3.63) is 36.0 Å². The van der Waals surface area contributed by atoms with Gasteiger partial charge in [0.15, 0.2) is 5.11 Å². The Hall–Kier alpha value is -1.63. The Labute approximate surface area is 136 Å². The molecule has 3 rings (SSSR count). The smallest absolute Gasteiger partial charge is 0.173 e. The van der Waals surface area contributed by atoms with Gasteiger partial charge in [-0.2, -0.15) is 0 Å². The van der Waals surface area contributed by atoms with E-state index >= 15 is 0 Å². The highest BCUT2D eigenvalue weighted by Gasteiger charge is 2.19. The minimum Gasteiger partial charge on any atom is -0.395 e. The SMILES string of the molecule is OCCN1CCN(C(=S)N/C=C2/CNc3ccccc32)CC1. The Morgan fingerprint density at radius 2 is 2.05 bits per heavy atom. The molecule has 3 N–H and O–H groups in total. The van der Waals surface area contributed by atoms with E-state index in [1.807, 2.05) is 12.3 Å². The molecule has 0 bridgehead atoms. The number of piperazine rings is 1. The average molecular weight is 318 g/mol. The molecule has 0 saturated carbocycles. The number of thiocarbonyl (C=S) groups is 1. The van der Waals surface area contributed by atoms with E-state index in [0.717, 1.165) is 44.4 Å². The number of nitrogens with zero attached hydrogens (tertiary/aromatic N) is 2. The molecule has 0 aromatic heterocycles. The number of nitrogens with one attached hydrogen (secondary N) is 2. The van der Waals surface area contributed by atoms with E-state index in [2.05, 4.69) is 38.6 Å². The number of hydrogen-bond donors (Lipinski definition) is 3. The van der Waals surface area contributed by atoms with Crippen LogP contribution in [0.5, 0.6) is 0 Å². The van der Waals surface area contributed by atoms with Gasteiger partial charge in [0, 0.05) is 56.7 Å². The second-order valence-electron chi connectivity index (χ2n) is 5.57. The van der Waals surface area contributed by atoms with E-state index in [-0.39, 0.29) is 6.61 Å². The van der Waals surface area contributed by atoms with Gasteiger partial charge in [0.05, 0.1) is 6.61 Å². The molecule has 118 valence electrons. The van der Waals surface area contributed by atoms with Crippen molar-refractivity contribution in [2.24, 2.45) is 0 Å². The summed E-state index contributed by atoms with van der Waals surface area (Å²) in [6.45, 7) is 5.52. The van der Waals surface area contributed by atoms with Gasteiger partial charge in [0.25, 0.3) is 0 Å². The predicted octanol–water partition coefficient (Wildman–Crippen LogP) is 0.937. The molecular formula is C16H22N4OS. The summed E-state index contributed by atoms with van der Waals surface area (Å²) in [5.41, 5.74) is 3.65. The van der Waals surface area contributed by atoms with Crippen LogP contribution in [-0.4, -0.2) is 65.9 Å². The van der Waals surface area contributed by atoms with Crippen molar-refractivity contribution in [3.8, 4) is 0 Å². The Kier molecular flexibility index (Phi) is 4.92. The predicted molar refractivity (Wildman–Crippen MR) is 93.7 cm³/mol. The lowest BCUT2D eigenvalue weighted by molar-refractivity contribution is 0.147. The molecule has 2 aliphatic heterocycles. The topological polar surface area (TPSA) is 50.8 Å². The summed E-state index contributed by atoms with van der Waals surface area (Å²) in [4.78, 5) is 4.45. The summed E-state index contributed by atoms with van der Waals surface area (Å²) in [6.07, 6.45) is 2.02. The van der Waals surface area contributed by atoms with Crippen molar-refractivity contribution in [1.29, 1.82) is 0 Å². The van der Waals surface area contributed by atoms with E-state index in [4.69, 9.17) is 17.3 Å². The number of anilines is 1. The van der Waals surface area contributed by atoms with Crippen molar-refractivity contribution < 1.29 is 5.11 Å². The standard InChI is InChI=1S/C16H22N4OS/c21-10-9-19-5-7-20(8-6-19)16(22)18-12-13-11-17-15-4-2-1-3-14(13)15/h1-4,12,17,21H,5-11H2,(H,18,22)/b13-12-. The number of aliphatic hydroxyl groups is 1. The molecule has 0 aliphatic carbocycles.